The Morgan fingerprint density at radius 2 is 1.80 bits per heavy atom. The Bertz CT molecular complexity index is 553. The molecule has 0 radical (unpaired) electrons. The van der Waals surface area contributed by atoms with Crippen molar-refractivity contribution in [3.63, 3.8) is 0 Å². The highest BCUT2D eigenvalue weighted by Gasteiger charge is 2.14. The van der Waals surface area contributed by atoms with Crippen molar-refractivity contribution < 1.29 is 4.39 Å². The molecule has 0 unspecified atom stereocenters. The van der Waals surface area contributed by atoms with Crippen molar-refractivity contribution in [2.24, 2.45) is 4.99 Å². The van der Waals surface area contributed by atoms with Gasteiger partial charge in [-0.1, -0.05) is 13.0 Å². The third-order valence-electron chi connectivity index (χ3n) is 4.85. The van der Waals surface area contributed by atoms with E-state index in [1.165, 1.54) is 19.2 Å². The Morgan fingerprint density at radius 1 is 1.12 bits per heavy atom. The lowest BCUT2D eigenvalue weighted by Crippen LogP contribution is -2.49. The van der Waals surface area contributed by atoms with Crippen LogP contribution in [0.1, 0.15) is 18.1 Å². The fourth-order valence-electron chi connectivity index (χ4n) is 3.14. The van der Waals surface area contributed by atoms with Gasteiger partial charge in [0.1, 0.15) is 5.82 Å². The Hall–Kier alpha value is -1.66. The lowest BCUT2D eigenvalue weighted by atomic mass is 10.1. The quantitative estimate of drug-likeness (QED) is 0.578. The summed E-state index contributed by atoms with van der Waals surface area (Å²) >= 11 is 0. The number of guanidine groups is 1. The van der Waals surface area contributed by atoms with E-state index in [1.807, 2.05) is 13.0 Å². The third kappa shape index (κ3) is 6.63. The number of hydrogen-bond donors (Lipinski definition) is 2. The van der Waals surface area contributed by atoms with Gasteiger partial charge < -0.3 is 15.5 Å². The fraction of sp³-hybridized carbons (Fsp3) is 0.632. The van der Waals surface area contributed by atoms with Crippen LogP contribution in [0.25, 0.3) is 0 Å². The maximum atomic E-state index is 13.1. The summed E-state index contributed by atoms with van der Waals surface area (Å²) in [6.45, 7) is 12.6. The second kappa shape index (κ2) is 10.4. The van der Waals surface area contributed by atoms with Crippen molar-refractivity contribution in [3.8, 4) is 0 Å². The summed E-state index contributed by atoms with van der Waals surface area (Å²) in [5.74, 6) is 0.651. The van der Waals surface area contributed by atoms with Gasteiger partial charge in [0.2, 0.25) is 0 Å². The fourth-order valence-corrected chi connectivity index (χ4v) is 3.14. The van der Waals surface area contributed by atoms with E-state index in [4.69, 9.17) is 0 Å². The summed E-state index contributed by atoms with van der Waals surface area (Å²) in [7, 11) is 1.79. The van der Waals surface area contributed by atoms with Gasteiger partial charge in [-0.2, -0.15) is 0 Å². The van der Waals surface area contributed by atoms with Crippen LogP contribution in [0.15, 0.2) is 23.2 Å². The Morgan fingerprint density at radius 3 is 2.44 bits per heavy atom. The van der Waals surface area contributed by atoms with E-state index in [2.05, 4.69) is 32.3 Å². The van der Waals surface area contributed by atoms with Gasteiger partial charge in [-0.05, 0) is 43.1 Å². The molecule has 1 fully saturated rings. The van der Waals surface area contributed by atoms with E-state index in [-0.39, 0.29) is 5.82 Å². The number of piperazine rings is 1. The van der Waals surface area contributed by atoms with Gasteiger partial charge in [0.15, 0.2) is 5.96 Å². The van der Waals surface area contributed by atoms with Gasteiger partial charge in [0.25, 0.3) is 0 Å². The number of benzene rings is 1. The monoisotopic (exact) mass is 349 g/mol. The zero-order valence-corrected chi connectivity index (χ0v) is 15.8. The van der Waals surface area contributed by atoms with Gasteiger partial charge in [-0.15, -0.1) is 0 Å². The average molecular weight is 349 g/mol. The van der Waals surface area contributed by atoms with Crippen molar-refractivity contribution in [2.45, 2.75) is 20.3 Å². The maximum Gasteiger partial charge on any atom is 0.191 e. The molecule has 5 nitrogen and oxygen atoms in total. The molecular formula is C19H32FN5. The average Bonchev–Trinajstić information content (AvgIpc) is 2.62. The standard InChI is InChI=1S/C19H32FN5/c1-4-24-11-13-25(14-12-24)10-9-23-19(21-3)22-8-7-17-5-6-18(20)15-16(17)2/h5-6,15H,4,7-14H2,1-3H3,(H2,21,22,23). The van der Waals surface area contributed by atoms with Crippen LogP contribution in [-0.2, 0) is 6.42 Å². The van der Waals surface area contributed by atoms with E-state index in [1.54, 1.807) is 13.1 Å². The summed E-state index contributed by atoms with van der Waals surface area (Å²) in [4.78, 5) is 9.25. The first-order valence-corrected chi connectivity index (χ1v) is 9.26. The molecule has 1 saturated heterocycles. The molecule has 0 saturated carbocycles. The molecule has 0 atom stereocenters. The SMILES string of the molecule is CCN1CCN(CCNC(=NC)NCCc2ccc(F)cc2C)CC1. The number of halogens is 1. The minimum atomic E-state index is -0.175. The third-order valence-corrected chi connectivity index (χ3v) is 4.85. The lowest BCUT2D eigenvalue weighted by Gasteiger charge is -2.34. The number of likely N-dealkylation sites (N-methyl/N-ethyl adjacent to an activating group) is 1. The van der Waals surface area contributed by atoms with Gasteiger partial charge in [0, 0.05) is 52.9 Å². The van der Waals surface area contributed by atoms with E-state index in [0.717, 1.165) is 62.8 Å². The Kier molecular flexibility index (Phi) is 8.15. The number of aryl methyl sites for hydroxylation is 1. The second-order valence-electron chi connectivity index (χ2n) is 6.52. The van der Waals surface area contributed by atoms with Crippen LogP contribution in [0.5, 0.6) is 0 Å². The van der Waals surface area contributed by atoms with Crippen LogP contribution in [0, 0.1) is 12.7 Å². The van der Waals surface area contributed by atoms with Crippen molar-refractivity contribution in [2.75, 3.05) is 59.4 Å². The molecule has 2 rings (SSSR count). The molecule has 0 amide bonds. The maximum absolute atomic E-state index is 13.1. The van der Waals surface area contributed by atoms with Gasteiger partial charge in [0.05, 0.1) is 0 Å². The number of nitrogens with one attached hydrogen (secondary N) is 2. The highest BCUT2D eigenvalue weighted by atomic mass is 19.1. The van der Waals surface area contributed by atoms with Crippen molar-refractivity contribution in [1.29, 1.82) is 0 Å². The molecule has 25 heavy (non-hydrogen) atoms. The minimum absolute atomic E-state index is 0.175. The molecule has 1 aromatic carbocycles. The zero-order chi connectivity index (χ0) is 18.1. The summed E-state index contributed by atoms with van der Waals surface area (Å²) < 4.78 is 13.1. The predicted molar refractivity (Wildman–Crippen MR) is 103 cm³/mol. The number of aliphatic imine (C=N–C) groups is 1. The van der Waals surface area contributed by atoms with Crippen LogP contribution in [0.3, 0.4) is 0 Å². The summed E-state index contributed by atoms with van der Waals surface area (Å²) in [6.07, 6.45) is 0.853. The van der Waals surface area contributed by atoms with E-state index < -0.39 is 0 Å². The van der Waals surface area contributed by atoms with E-state index >= 15 is 0 Å². The molecule has 1 aliphatic heterocycles. The topological polar surface area (TPSA) is 42.9 Å². The van der Waals surface area contributed by atoms with Gasteiger partial charge in [-0.3, -0.25) is 9.89 Å². The summed E-state index contributed by atoms with van der Waals surface area (Å²) in [5.41, 5.74) is 2.16. The van der Waals surface area contributed by atoms with E-state index in [9.17, 15) is 4.39 Å². The van der Waals surface area contributed by atoms with Crippen LogP contribution in [0.4, 0.5) is 4.39 Å². The number of nitrogens with zero attached hydrogens (tertiary/aromatic N) is 3. The lowest BCUT2D eigenvalue weighted by molar-refractivity contribution is 0.139. The van der Waals surface area contributed by atoms with Crippen LogP contribution in [0.2, 0.25) is 0 Å². The van der Waals surface area contributed by atoms with Crippen molar-refractivity contribution in [1.82, 2.24) is 20.4 Å². The van der Waals surface area contributed by atoms with Gasteiger partial charge >= 0.3 is 0 Å². The smallest absolute Gasteiger partial charge is 0.191 e. The predicted octanol–water partition coefficient (Wildman–Crippen LogP) is 1.48. The number of rotatable bonds is 7. The molecule has 0 aliphatic carbocycles. The largest absolute Gasteiger partial charge is 0.356 e. The molecular weight excluding hydrogens is 317 g/mol. The first-order chi connectivity index (χ1) is 12.1. The molecule has 0 aromatic heterocycles. The molecule has 1 aromatic rings. The molecule has 0 bridgehead atoms. The highest BCUT2D eigenvalue weighted by molar-refractivity contribution is 5.79. The first-order valence-electron chi connectivity index (χ1n) is 9.26. The van der Waals surface area contributed by atoms with Crippen molar-refractivity contribution in [3.05, 3.63) is 35.1 Å². The number of hydrogen-bond acceptors (Lipinski definition) is 3. The summed E-state index contributed by atoms with van der Waals surface area (Å²) in [6, 6.07) is 4.97. The molecule has 0 spiro atoms. The molecule has 140 valence electrons. The van der Waals surface area contributed by atoms with E-state index in [0.29, 0.717) is 0 Å². The Labute approximate surface area is 151 Å². The molecule has 1 aliphatic rings. The summed E-state index contributed by atoms with van der Waals surface area (Å²) in [5, 5.41) is 6.71. The minimum Gasteiger partial charge on any atom is -0.356 e. The van der Waals surface area contributed by atoms with Crippen LogP contribution in [-0.4, -0.2) is 75.2 Å². The highest BCUT2D eigenvalue weighted by Crippen LogP contribution is 2.10. The normalized spacial score (nSPS) is 16.9. The van der Waals surface area contributed by atoms with Crippen LogP contribution < -0.4 is 10.6 Å². The zero-order valence-electron chi connectivity index (χ0n) is 15.8. The molecule has 1 heterocycles. The molecule has 2 N–H and O–H groups in total. The van der Waals surface area contributed by atoms with Gasteiger partial charge in [-0.25, -0.2) is 4.39 Å². The van der Waals surface area contributed by atoms with Crippen LogP contribution >= 0.6 is 0 Å². The Balaban J connectivity index is 1.64. The molecule has 6 heteroatoms. The van der Waals surface area contributed by atoms with Crippen molar-refractivity contribution >= 4 is 5.96 Å². The second-order valence-corrected chi connectivity index (χ2v) is 6.52. The first kappa shape index (κ1) is 19.7.